The van der Waals surface area contributed by atoms with E-state index < -0.39 is 17.6 Å². The molecule has 0 aliphatic rings. The van der Waals surface area contributed by atoms with E-state index in [1.165, 1.54) is 12.1 Å². The van der Waals surface area contributed by atoms with Gasteiger partial charge in [0, 0.05) is 12.2 Å². The van der Waals surface area contributed by atoms with Crippen LogP contribution < -0.4 is 15.4 Å². The number of amides is 1. The highest BCUT2D eigenvalue weighted by Gasteiger charge is 2.34. The Morgan fingerprint density at radius 2 is 1.92 bits per heavy atom. The molecule has 0 saturated heterocycles. The smallest absolute Gasteiger partial charge is 0.418 e. The lowest BCUT2D eigenvalue weighted by Gasteiger charge is -2.16. The van der Waals surface area contributed by atoms with Gasteiger partial charge in [0.25, 0.3) is 0 Å². The highest BCUT2D eigenvalue weighted by Crippen LogP contribution is 2.37. The summed E-state index contributed by atoms with van der Waals surface area (Å²) in [5.41, 5.74) is 0.969. The van der Waals surface area contributed by atoms with Gasteiger partial charge in [-0.3, -0.25) is 4.79 Å². The molecule has 0 aliphatic carbocycles. The number of hydrogen-bond acceptors (Lipinski definition) is 3. The Morgan fingerprint density at radius 3 is 2.58 bits per heavy atom. The van der Waals surface area contributed by atoms with E-state index in [-0.39, 0.29) is 24.6 Å². The van der Waals surface area contributed by atoms with Gasteiger partial charge in [-0.2, -0.15) is 13.2 Å². The summed E-state index contributed by atoms with van der Waals surface area (Å²) >= 11 is 0. The third-order valence-electron chi connectivity index (χ3n) is 3.62. The lowest BCUT2D eigenvalue weighted by atomic mass is 10.1. The monoisotopic (exact) mass is 366 g/mol. The Kier molecular flexibility index (Phi) is 6.49. The minimum atomic E-state index is -4.55. The summed E-state index contributed by atoms with van der Waals surface area (Å²) in [5, 5.41) is 5.23. The van der Waals surface area contributed by atoms with Crippen molar-refractivity contribution in [3.8, 4) is 5.75 Å². The quantitative estimate of drug-likeness (QED) is 0.774. The minimum absolute atomic E-state index is 0.134. The summed E-state index contributed by atoms with van der Waals surface area (Å²) in [4.78, 5) is 11.9. The first-order valence-electron chi connectivity index (χ1n) is 8.19. The van der Waals surface area contributed by atoms with Crippen molar-refractivity contribution in [1.29, 1.82) is 0 Å². The average molecular weight is 366 g/mol. The van der Waals surface area contributed by atoms with Crippen molar-refractivity contribution in [3.05, 3.63) is 59.2 Å². The van der Waals surface area contributed by atoms with Gasteiger partial charge in [-0.25, -0.2) is 0 Å². The predicted octanol–water partition coefficient (Wildman–Crippen LogP) is 4.14. The van der Waals surface area contributed by atoms with E-state index >= 15 is 0 Å². The van der Waals surface area contributed by atoms with Gasteiger partial charge in [0.1, 0.15) is 5.75 Å². The fourth-order valence-corrected chi connectivity index (χ4v) is 2.43. The molecule has 0 bridgehead atoms. The molecule has 2 aromatic rings. The van der Waals surface area contributed by atoms with E-state index in [9.17, 15) is 18.0 Å². The van der Waals surface area contributed by atoms with Gasteiger partial charge in [-0.05, 0) is 37.6 Å². The molecule has 1 amide bonds. The first-order valence-corrected chi connectivity index (χ1v) is 8.19. The maximum Gasteiger partial charge on any atom is 0.418 e. The number of benzene rings is 2. The number of hydrogen-bond donors (Lipinski definition) is 2. The van der Waals surface area contributed by atoms with Crippen LogP contribution in [0.5, 0.6) is 5.75 Å². The molecule has 0 unspecified atom stereocenters. The highest BCUT2D eigenvalue weighted by molar-refractivity contribution is 5.81. The van der Waals surface area contributed by atoms with Gasteiger partial charge in [0.15, 0.2) is 0 Å². The molecule has 26 heavy (non-hydrogen) atoms. The molecule has 0 heterocycles. The summed E-state index contributed by atoms with van der Waals surface area (Å²) in [7, 11) is 0. The van der Waals surface area contributed by atoms with Crippen LogP contribution in [0.25, 0.3) is 0 Å². The summed E-state index contributed by atoms with van der Waals surface area (Å²) in [6.45, 7) is 3.96. The van der Waals surface area contributed by atoms with Crippen molar-refractivity contribution in [3.63, 3.8) is 0 Å². The van der Waals surface area contributed by atoms with Gasteiger partial charge < -0.3 is 15.4 Å². The molecule has 4 nitrogen and oxygen atoms in total. The van der Waals surface area contributed by atoms with Crippen molar-refractivity contribution in [2.24, 2.45) is 0 Å². The molecule has 0 aliphatic heterocycles. The van der Waals surface area contributed by atoms with Crippen LogP contribution in [0.4, 0.5) is 18.9 Å². The standard InChI is InChI=1S/C19H21F3N2O2/c1-3-26-15-7-8-17(16(10-15)19(20,21)22)23-12-18(25)24-11-14-6-4-5-13(2)9-14/h4-10,23H,3,11-12H2,1-2H3,(H,24,25). The third-order valence-corrected chi connectivity index (χ3v) is 3.62. The number of carbonyl (C=O) groups excluding carboxylic acids is 1. The highest BCUT2D eigenvalue weighted by atomic mass is 19.4. The first kappa shape index (κ1) is 19.6. The fourth-order valence-electron chi connectivity index (χ4n) is 2.43. The zero-order chi connectivity index (χ0) is 19.2. The second kappa shape index (κ2) is 8.60. The van der Waals surface area contributed by atoms with Crippen LogP contribution in [0, 0.1) is 6.92 Å². The number of anilines is 1. The topological polar surface area (TPSA) is 50.4 Å². The predicted molar refractivity (Wildman–Crippen MR) is 94.1 cm³/mol. The first-order chi connectivity index (χ1) is 12.3. The SMILES string of the molecule is CCOc1ccc(NCC(=O)NCc2cccc(C)c2)c(C(F)(F)F)c1. The maximum absolute atomic E-state index is 13.2. The van der Waals surface area contributed by atoms with Crippen LogP contribution in [0.1, 0.15) is 23.6 Å². The summed E-state index contributed by atoms with van der Waals surface area (Å²) in [6, 6.07) is 11.3. The van der Waals surface area contributed by atoms with Crippen molar-refractivity contribution >= 4 is 11.6 Å². The Hall–Kier alpha value is -2.70. The van der Waals surface area contributed by atoms with Gasteiger partial charge in [0.05, 0.1) is 18.7 Å². The Bertz CT molecular complexity index is 761. The van der Waals surface area contributed by atoms with Crippen LogP contribution in [0.3, 0.4) is 0 Å². The molecular weight excluding hydrogens is 345 g/mol. The number of carbonyl (C=O) groups is 1. The van der Waals surface area contributed by atoms with E-state index in [1.54, 1.807) is 6.92 Å². The van der Waals surface area contributed by atoms with Crippen molar-refractivity contribution in [1.82, 2.24) is 5.32 Å². The van der Waals surface area contributed by atoms with Gasteiger partial charge in [-0.15, -0.1) is 0 Å². The Labute approximate surface area is 150 Å². The second-order valence-corrected chi connectivity index (χ2v) is 5.76. The zero-order valence-corrected chi connectivity index (χ0v) is 14.6. The Morgan fingerprint density at radius 1 is 1.15 bits per heavy atom. The van der Waals surface area contributed by atoms with Crippen LogP contribution in [0.2, 0.25) is 0 Å². The number of alkyl halides is 3. The summed E-state index contributed by atoms with van der Waals surface area (Å²) in [5.74, 6) is -0.261. The molecule has 0 spiro atoms. The summed E-state index contributed by atoms with van der Waals surface area (Å²) in [6.07, 6.45) is -4.55. The van der Waals surface area contributed by atoms with Crippen molar-refractivity contribution in [2.45, 2.75) is 26.6 Å². The van der Waals surface area contributed by atoms with E-state index in [1.807, 2.05) is 31.2 Å². The zero-order valence-electron chi connectivity index (χ0n) is 14.6. The largest absolute Gasteiger partial charge is 0.494 e. The normalized spacial score (nSPS) is 11.1. The number of ether oxygens (including phenoxy) is 1. The molecule has 0 fully saturated rings. The number of nitrogens with one attached hydrogen (secondary N) is 2. The molecule has 0 aromatic heterocycles. The van der Waals surface area contributed by atoms with Gasteiger partial charge in [0.2, 0.25) is 5.91 Å². The van der Waals surface area contributed by atoms with Crippen LogP contribution >= 0.6 is 0 Å². The third kappa shape index (κ3) is 5.68. The van der Waals surface area contributed by atoms with E-state index in [0.717, 1.165) is 17.2 Å². The van der Waals surface area contributed by atoms with Crippen LogP contribution in [-0.4, -0.2) is 19.1 Å². The molecule has 0 radical (unpaired) electrons. The number of aryl methyl sites for hydroxylation is 1. The molecule has 7 heteroatoms. The molecule has 140 valence electrons. The summed E-state index contributed by atoms with van der Waals surface area (Å²) < 4.78 is 44.7. The lowest BCUT2D eigenvalue weighted by molar-refractivity contribution is -0.137. The van der Waals surface area contributed by atoms with Crippen LogP contribution in [0.15, 0.2) is 42.5 Å². The van der Waals surface area contributed by atoms with E-state index in [4.69, 9.17) is 4.74 Å². The average Bonchev–Trinajstić information content (AvgIpc) is 2.58. The van der Waals surface area contributed by atoms with E-state index in [2.05, 4.69) is 10.6 Å². The van der Waals surface area contributed by atoms with E-state index in [0.29, 0.717) is 6.54 Å². The van der Waals surface area contributed by atoms with Crippen molar-refractivity contribution < 1.29 is 22.7 Å². The molecule has 2 aromatic carbocycles. The second-order valence-electron chi connectivity index (χ2n) is 5.76. The molecule has 2 N–H and O–H groups in total. The van der Waals surface area contributed by atoms with Gasteiger partial charge >= 0.3 is 6.18 Å². The minimum Gasteiger partial charge on any atom is -0.494 e. The number of rotatable bonds is 7. The number of halogens is 3. The maximum atomic E-state index is 13.2. The lowest BCUT2D eigenvalue weighted by Crippen LogP contribution is -2.30. The van der Waals surface area contributed by atoms with Crippen LogP contribution in [-0.2, 0) is 17.5 Å². The molecule has 0 atom stereocenters. The fraction of sp³-hybridized carbons (Fsp3) is 0.316. The molecular formula is C19H21F3N2O2. The van der Waals surface area contributed by atoms with Gasteiger partial charge in [-0.1, -0.05) is 29.8 Å². The molecule has 2 rings (SSSR count). The van der Waals surface area contributed by atoms with Crippen molar-refractivity contribution in [2.75, 3.05) is 18.5 Å². The molecule has 0 saturated carbocycles. The Balaban J connectivity index is 1.98.